The number of fused-ring (bicyclic) bond motifs is 1. The third-order valence-electron chi connectivity index (χ3n) is 1.99. The summed E-state index contributed by atoms with van der Waals surface area (Å²) in [5.41, 5.74) is 4.84. The average molecular weight is 222 g/mol. The van der Waals surface area contributed by atoms with Crippen LogP contribution in [0.2, 0.25) is 0 Å². The second-order valence-corrected chi connectivity index (χ2v) is 3.20. The predicted molar refractivity (Wildman–Crippen MR) is 53.8 cm³/mol. The van der Waals surface area contributed by atoms with Gasteiger partial charge in [0.1, 0.15) is 0 Å². The normalized spacial score (nSPS) is 12.1. The van der Waals surface area contributed by atoms with Crippen LogP contribution in [0.15, 0.2) is 18.2 Å². The van der Waals surface area contributed by atoms with E-state index in [4.69, 9.17) is 9.47 Å². The van der Waals surface area contributed by atoms with Gasteiger partial charge in [-0.2, -0.15) is 0 Å². The molecule has 84 valence electrons. The van der Waals surface area contributed by atoms with Gasteiger partial charge >= 0.3 is 0 Å². The molecule has 0 fully saturated rings. The van der Waals surface area contributed by atoms with Gasteiger partial charge in [0.05, 0.1) is 0 Å². The second-order valence-electron chi connectivity index (χ2n) is 3.20. The molecule has 6 heteroatoms. The van der Waals surface area contributed by atoms with Gasteiger partial charge in [-0.1, -0.05) is 0 Å². The van der Waals surface area contributed by atoms with Crippen LogP contribution >= 0.6 is 0 Å². The fourth-order valence-corrected chi connectivity index (χ4v) is 1.25. The van der Waals surface area contributed by atoms with E-state index < -0.39 is 5.91 Å². The highest BCUT2D eigenvalue weighted by Gasteiger charge is 2.15. The monoisotopic (exact) mass is 222 g/mol. The van der Waals surface area contributed by atoms with Crippen LogP contribution in [0.25, 0.3) is 0 Å². The summed E-state index contributed by atoms with van der Waals surface area (Å²) < 4.78 is 10.2. The van der Waals surface area contributed by atoms with Gasteiger partial charge in [-0.3, -0.25) is 20.4 Å². The molecule has 0 aromatic heterocycles. The number of rotatable bonds is 1. The first-order chi connectivity index (χ1) is 7.66. The predicted octanol–water partition coefficient (Wildman–Crippen LogP) is 0.196. The van der Waals surface area contributed by atoms with E-state index in [9.17, 15) is 9.59 Å². The van der Waals surface area contributed by atoms with E-state index in [-0.39, 0.29) is 12.7 Å². The fraction of sp³-hybridized carbons (Fsp3) is 0.200. The molecule has 0 bridgehead atoms. The van der Waals surface area contributed by atoms with Crippen LogP contribution in [-0.4, -0.2) is 18.6 Å². The van der Waals surface area contributed by atoms with Crippen molar-refractivity contribution in [3.05, 3.63) is 23.8 Å². The Bertz CT molecular complexity index is 444. The van der Waals surface area contributed by atoms with E-state index in [1.165, 1.54) is 6.92 Å². The Morgan fingerprint density at radius 2 is 1.94 bits per heavy atom. The highest BCUT2D eigenvalue weighted by atomic mass is 16.7. The average Bonchev–Trinajstić information content (AvgIpc) is 2.72. The minimum absolute atomic E-state index is 0.159. The van der Waals surface area contributed by atoms with Crippen molar-refractivity contribution in [3.8, 4) is 11.5 Å². The van der Waals surface area contributed by atoms with Crippen molar-refractivity contribution in [1.82, 2.24) is 10.9 Å². The van der Waals surface area contributed by atoms with Crippen molar-refractivity contribution in [2.45, 2.75) is 6.92 Å². The fourth-order valence-electron chi connectivity index (χ4n) is 1.25. The summed E-state index contributed by atoms with van der Waals surface area (Å²) in [6.45, 7) is 1.46. The molecule has 2 rings (SSSR count). The Hall–Kier alpha value is -2.24. The van der Waals surface area contributed by atoms with Crippen LogP contribution in [0.3, 0.4) is 0 Å². The molecule has 2 amide bonds. The van der Waals surface area contributed by atoms with Crippen molar-refractivity contribution in [3.63, 3.8) is 0 Å². The Labute approximate surface area is 91.5 Å². The largest absolute Gasteiger partial charge is 0.454 e. The lowest BCUT2D eigenvalue weighted by Crippen LogP contribution is -2.40. The minimum Gasteiger partial charge on any atom is -0.454 e. The molecule has 1 aliphatic rings. The van der Waals surface area contributed by atoms with Crippen LogP contribution in [-0.2, 0) is 4.79 Å². The van der Waals surface area contributed by atoms with E-state index in [1.54, 1.807) is 18.2 Å². The standard InChI is InChI=1S/C10H10N2O4/c1-6(13)11-12-10(14)7-2-3-8-9(4-7)16-5-15-8/h2-4H,5H2,1H3,(H,11,13)(H,12,14). The highest BCUT2D eigenvalue weighted by molar-refractivity contribution is 5.95. The van der Waals surface area contributed by atoms with Gasteiger partial charge in [-0.15, -0.1) is 0 Å². The molecular formula is C10H10N2O4. The Kier molecular flexibility index (Phi) is 2.63. The topological polar surface area (TPSA) is 76.7 Å². The molecule has 6 nitrogen and oxygen atoms in total. The number of benzene rings is 1. The molecule has 16 heavy (non-hydrogen) atoms. The maximum absolute atomic E-state index is 11.5. The summed E-state index contributed by atoms with van der Waals surface area (Å²) >= 11 is 0. The molecule has 0 unspecified atom stereocenters. The summed E-state index contributed by atoms with van der Waals surface area (Å²) in [5.74, 6) is 0.383. The zero-order chi connectivity index (χ0) is 11.5. The second kappa shape index (κ2) is 4.09. The van der Waals surface area contributed by atoms with E-state index in [2.05, 4.69) is 10.9 Å². The van der Waals surface area contributed by atoms with Gasteiger partial charge in [0.25, 0.3) is 5.91 Å². The minimum atomic E-state index is -0.409. The summed E-state index contributed by atoms with van der Waals surface area (Å²) in [6.07, 6.45) is 0. The molecule has 0 radical (unpaired) electrons. The van der Waals surface area contributed by atoms with Gasteiger partial charge in [0, 0.05) is 12.5 Å². The van der Waals surface area contributed by atoms with Crippen LogP contribution in [0.1, 0.15) is 17.3 Å². The smallest absolute Gasteiger partial charge is 0.269 e. The Morgan fingerprint density at radius 3 is 2.69 bits per heavy atom. The molecular weight excluding hydrogens is 212 g/mol. The van der Waals surface area contributed by atoms with E-state index in [1.807, 2.05) is 0 Å². The molecule has 1 heterocycles. The summed E-state index contributed by atoms with van der Waals surface area (Å²) in [6, 6.07) is 4.79. The molecule has 1 aliphatic heterocycles. The SMILES string of the molecule is CC(=O)NNC(=O)c1ccc2c(c1)OCO2. The van der Waals surface area contributed by atoms with E-state index in [0.29, 0.717) is 17.1 Å². The number of carbonyl (C=O) groups excluding carboxylic acids is 2. The van der Waals surface area contributed by atoms with Gasteiger partial charge in [-0.25, -0.2) is 0 Å². The summed E-state index contributed by atoms with van der Waals surface area (Å²) in [7, 11) is 0. The van der Waals surface area contributed by atoms with Crippen LogP contribution in [0.4, 0.5) is 0 Å². The first-order valence-corrected chi connectivity index (χ1v) is 4.63. The van der Waals surface area contributed by atoms with Crippen LogP contribution in [0, 0.1) is 0 Å². The molecule has 2 N–H and O–H groups in total. The van der Waals surface area contributed by atoms with E-state index >= 15 is 0 Å². The van der Waals surface area contributed by atoms with Crippen LogP contribution in [0.5, 0.6) is 11.5 Å². The number of nitrogens with one attached hydrogen (secondary N) is 2. The van der Waals surface area contributed by atoms with Crippen molar-refractivity contribution in [1.29, 1.82) is 0 Å². The van der Waals surface area contributed by atoms with Gasteiger partial charge in [0.2, 0.25) is 12.7 Å². The van der Waals surface area contributed by atoms with Gasteiger partial charge in [0.15, 0.2) is 11.5 Å². The molecule has 0 spiro atoms. The first-order valence-electron chi connectivity index (χ1n) is 4.63. The lowest BCUT2D eigenvalue weighted by molar-refractivity contribution is -0.119. The maximum Gasteiger partial charge on any atom is 0.269 e. The van der Waals surface area contributed by atoms with Crippen molar-refractivity contribution < 1.29 is 19.1 Å². The maximum atomic E-state index is 11.5. The number of hydrogen-bond acceptors (Lipinski definition) is 4. The lowest BCUT2D eigenvalue weighted by atomic mass is 10.2. The lowest BCUT2D eigenvalue weighted by Gasteiger charge is -2.05. The number of carbonyl (C=O) groups is 2. The molecule has 1 aromatic rings. The zero-order valence-electron chi connectivity index (χ0n) is 8.57. The highest BCUT2D eigenvalue weighted by Crippen LogP contribution is 2.32. The van der Waals surface area contributed by atoms with Gasteiger partial charge < -0.3 is 9.47 Å². The third-order valence-corrected chi connectivity index (χ3v) is 1.99. The third kappa shape index (κ3) is 2.05. The number of hydrogen-bond donors (Lipinski definition) is 2. The molecule has 0 aliphatic carbocycles. The number of amides is 2. The van der Waals surface area contributed by atoms with Crippen LogP contribution < -0.4 is 20.3 Å². The zero-order valence-corrected chi connectivity index (χ0v) is 8.57. The quantitative estimate of drug-likeness (QED) is 0.665. The molecule has 0 saturated carbocycles. The molecule has 0 saturated heterocycles. The van der Waals surface area contributed by atoms with Crippen molar-refractivity contribution >= 4 is 11.8 Å². The molecule has 0 atom stereocenters. The number of hydrazine groups is 1. The Balaban J connectivity index is 2.09. The van der Waals surface area contributed by atoms with Crippen molar-refractivity contribution in [2.75, 3.05) is 6.79 Å². The van der Waals surface area contributed by atoms with E-state index in [0.717, 1.165) is 0 Å². The molecule has 1 aromatic carbocycles. The summed E-state index contributed by atoms with van der Waals surface area (Å²) in [4.78, 5) is 22.1. The Morgan fingerprint density at radius 1 is 1.19 bits per heavy atom. The summed E-state index contributed by atoms with van der Waals surface area (Å²) in [5, 5.41) is 0. The van der Waals surface area contributed by atoms with Crippen molar-refractivity contribution in [2.24, 2.45) is 0 Å². The van der Waals surface area contributed by atoms with Gasteiger partial charge in [-0.05, 0) is 18.2 Å². The number of ether oxygens (including phenoxy) is 2. The first kappa shape index (κ1) is 10.3.